The first kappa shape index (κ1) is 17.8. The molecule has 3 aromatic rings. The molecule has 0 aliphatic heterocycles. The molecule has 0 aliphatic carbocycles. The second-order valence-corrected chi connectivity index (χ2v) is 6.01. The maximum absolute atomic E-state index is 12.6. The van der Waals surface area contributed by atoms with Gasteiger partial charge in [0, 0.05) is 6.20 Å². The molecule has 1 heterocycles. The Labute approximate surface area is 150 Å². The lowest BCUT2D eigenvalue weighted by Crippen LogP contribution is -2.28. The monoisotopic (exact) mass is 352 g/mol. The average molecular weight is 352 g/mol. The number of aromatic nitrogens is 2. The number of phenolic OH excluding ortho intramolecular Hbond substituents is 1. The minimum absolute atomic E-state index is 0.0786. The number of allylic oxidation sites excluding steroid dienone is 1. The number of phenols is 1. The van der Waals surface area contributed by atoms with Crippen LogP contribution in [-0.2, 0) is 0 Å². The summed E-state index contributed by atoms with van der Waals surface area (Å²) < 4.78 is 1.79. The highest BCUT2D eigenvalue weighted by Gasteiger charge is 2.29. The largest absolute Gasteiger partial charge is 0.505 e. The van der Waals surface area contributed by atoms with Gasteiger partial charge in [-0.2, -0.15) is 0 Å². The molecule has 0 saturated heterocycles. The first-order chi connectivity index (χ1) is 12.5. The first-order valence-corrected chi connectivity index (χ1v) is 8.24. The topological polar surface area (TPSA) is 95.6 Å². The quantitative estimate of drug-likeness (QED) is 0.614. The molecule has 2 atom stereocenters. The molecule has 6 nitrogen and oxygen atoms in total. The van der Waals surface area contributed by atoms with Crippen LogP contribution in [0.1, 0.15) is 34.8 Å². The van der Waals surface area contributed by atoms with Crippen molar-refractivity contribution >= 4 is 23.0 Å². The molecule has 134 valence electrons. The van der Waals surface area contributed by atoms with E-state index in [0.717, 1.165) is 0 Å². The lowest BCUT2D eigenvalue weighted by Gasteiger charge is -2.17. The van der Waals surface area contributed by atoms with E-state index in [2.05, 4.69) is 4.98 Å². The van der Waals surface area contributed by atoms with Crippen LogP contribution in [0.4, 0.5) is 0 Å². The van der Waals surface area contributed by atoms with Crippen LogP contribution in [-0.4, -0.2) is 36.8 Å². The molecule has 0 radical (unpaired) electrons. The van der Waals surface area contributed by atoms with Gasteiger partial charge in [0.2, 0.25) is 0 Å². The molecule has 0 fully saturated rings. The van der Waals surface area contributed by atoms with Gasteiger partial charge in [0.1, 0.15) is 23.5 Å². The molecule has 26 heavy (non-hydrogen) atoms. The number of Topliss-reactive ketones (excluding diaryl/α,β-unsaturated/α-hetero) is 1. The number of carbonyl (C=O) groups is 1. The van der Waals surface area contributed by atoms with Crippen LogP contribution in [0.15, 0.2) is 48.5 Å². The van der Waals surface area contributed by atoms with Crippen LogP contribution < -0.4 is 0 Å². The third kappa shape index (κ3) is 3.00. The van der Waals surface area contributed by atoms with Crippen molar-refractivity contribution in [1.82, 2.24) is 9.55 Å². The molecule has 0 spiro atoms. The molecule has 0 bridgehead atoms. The highest BCUT2D eigenvalue weighted by atomic mass is 16.3. The summed E-state index contributed by atoms with van der Waals surface area (Å²) in [6, 6.07) is 11.5. The van der Waals surface area contributed by atoms with Gasteiger partial charge in [-0.25, -0.2) is 4.98 Å². The third-order valence-corrected chi connectivity index (χ3v) is 4.28. The van der Waals surface area contributed by atoms with E-state index in [0.29, 0.717) is 16.9 Å². The zero-order chi connectivity index (χ0) is 18.8. The zero-order valence-corrected chi connectivity index (χ0v) is 14.5. The number of carbonyl (C=O) groups excluding carboxylic acids is 1. The molecule has 1 aromatic heterocycles. The second kappa shape index (κ2) is 7.11. The number of imidazole rings is 1. The number of aliphatic hydroxyl groups excluding tert-OH is 2. The van der Waals surface area contributed by atoms with Gasteiger partial charge in [0.15, 0.2) is 11.5 Å². The molecule has 0 aliphatic rings. The van der Waals surface area contributed by atoms with Crippen molar-refractivity contribution in [3.05, 3.63) is 65.5 Å². The lowest BCUT2D eigenvalue weighted by molar-refractivity contribution is 0.0202. The molecule has 2 aromatic carbocycles. The van der Waals surface area contributed by atoms with Crippen molar-refractivity contribution in [1.29, 1.82) is 0 Å². The highest BCUT2D eigenvalue weighted by Crippen LogP contribution is 2.31. The van der Waals surface area contributed by atoms with E-state index in [9.17, 15) is 20.1 Å². The summed E-state index contributed by atoms with van der Waals surface area (Å²) in [5, 5.41) is 31.1. The van der Waals surface area contributed by atoms with Crippen molar-refractivity contribution in [2.45, 2.75) is 26.1 Å². The van der Waals surface area contributed by atoms with Crippen LogP contribution in [0.25, 0.3) is 17.2 Å². The van der Waals surface area contributed by atoms with E-state index in [1.165, 1.54) is 6.07 Å². The Balaban J connectivity index is 2.00. The zero-order valence-electron chi connectivity index (χ0n) is 14.5. The van der Waals surface area contributed by atoms with Gasteiger partial charge < -0.3 is 19.9 Å². The standard InChI is InChI=1S/C20H20N2O4/c1-3-11-22-12(2)21-16-15(22)10-9-14(18(16)24)19(25)20(26)17(23)13-7-5-4-6-8-13/h3-11,17,20,23-24,26H,1-2H3/t17-,20+/m0/s1. The molecule has 0 saturated carbocycles. The second-order valence-electron chi connectivity index (χ2n) is 6.01. The van der Waals surface area contributed by atoms with Crippen LogP contribution in [0.2, 0.25) is 0 Å². The van der Waals surface area contributed by atoms with Crippen molar-refractivity contribution in [2.24, 2.45) is 0 Å². The Hall–Kier alpha value is -2.96. The number of benzene rings is 2. The summed E-state index contributed by atoms with van der Waals surface area (Å²) in [7, 11) is 0. The number of fused-ring (bicyclic) bond motifs is 1. The van der Waals surface area contributed by atoms with Gasteiger partial charge in [-0.15, -0.1) is 0 Å². The maximum Gasteiger partial charge on any atom is 0.198 e. The Bertz CT molecular complexity index is 976. The number of hydrogen-bond acceptors (Lipinski definition) is 5. The van der Waals surface area contributed by atoms with Gasteiger partial charge in [0.25, 0.3) is 0 Å². The number of aromatic hydroxyl groups is 1. The fraction of sp³-hybridized carbons (Fsp3) is 0.200. The Morgan fingerprint density at radius 2 is 1.85 bits per heavy atom. The average Bonchev–Trinajstić information content (AvgIpc) is 2.98. The number of aliphatic hydroxyl groups is 2. The highest BCUT2D eigenvalue weighted by molar-refractivity contribution is 6.06. The Morgan fingerprint density at radius 3 is 2.50 bits per heavy atom. The summed E-state index contributed by atoms with van der Waals surface area (Å²) in [5.74, 6) is -0.417. The van der Waals surface area contributed by atoms with Crippen molar-refractivity contribution in [2.75, 3.05) is 0 Å². The van der Waals surface area contributed by atoms with E-state index in [-0.39, 0.29) is 16.8 Å². The van der Waals surface area contributed by atoms with Gasteiger partial charge in [-0.05, 0) is 31.5 Å². The molecule has 3 rings (SSSR count). The maximum atomic E-state index is 12.6. The summed E-state index contributed by atoms with van der Waals surface area (Å²) in [4.78, 5) is 16.9. The van der Waals surface area contributed by atoms with Crippen LogP contribution in [0, 0.1) is 6.92 Å². The predicted octanol–water partition coefficient (Wildman–Crippen LogP) is 2.82. The lowest BCUT2D eigenvalue weighted by atomic mass is 9.96. The minimum Gasteiger partial charge on any atom is -0.505 e. The fourth-order valence-electron chi connectivity index (χ4n) is 2.93. The van der Waals surface area contributed by atoms with E-state index < -0.39 is 18.0 Å². The number of hydrogen-bond donors (Lipinski definition) is 3. The first-order valence-electron chi connectivity index (χ1n) is 8.24. The predicted molar refractivity (Wildman–Crippen MR) is 98.9 cm³/mol. The smallest absolute Gasteiger partial charge is 0.198 e. The van der Waals surface area contributed by atoms with Gasteiger partial charge in [-0.1, -0.05) is 36.4 Å². The normalized spacial score (nSPS) is 14.0. The van der Waals surface area contributed by atoms with Crippen molar-refractivity contribution < 1.29 is 20.1 Å². The fourth-order valence-corrected chi connectivity index (χ4v) is 2.93. The van der Waals surface area contributed by atoms with Gasteiger partial charge in [-0.3, -0.25) is 4.79 Å². The van der Waals surface area contributed by atoms with E-state index in [1.54, 1.807) is 54.1 Å². The van der Waals surface area contributed by atoms with E-state index in [4.69, 9.17) is 0 Å². The van der Waals surface area contributed by atoms with Crippen molar-refractivity contribution in [3.63, 3.8) is 0 Å². The summed E-state index contributed by atoms with van der Waals surface area (Å²) in [6.07, 6.45) is 0.560. The van der Waals surface area contributed by atoms with Crippen molar-refractivity contribution in [3.8, 4) is 5.75 Å². The SMILES string of the molecule is CC=Cn1c(C)nc2c(O)c(C(=O)[C@H](O)[C@@H](O)c3ccccc3)ccc21. The number of ketones is 1. The van der Waals surface area contributed by atoms with E-state index >= 15 is 0 Å². The van der Waals surface area contributed by atoms with Crippen LogP contribution in [0.5, 0.6) is 5.75 Å². The Morgan fingerprint density at radius 1 is 1.15 bits per heavy atom. The molecular formula is C20H20N2O4. The summed E-state index contributed by atoms with van der Waals surface area (Å²) in [6.45, 7) is 3.65. The molecule has 6 heteroatoms. The number of rotatable bonds is 5. The summed E-state index contributed by atoms with van der Waals surface area (Å²) in [5.41, 5.74) is 1.26. The minimum atomic E-state index is -1.69. The van der Waals surface area contributed by atoms with Crippen LogP contribution in [0.3, 0.4) is 0 Å². The number of aryl methyl sites for hydroxylation is 1. The molecule has 0 unspecified atom stereocenters. The van der Waals surface area contributed by atoms with E-state index in [1.807, 2.05) is 13.0 Å². The third-order valence-electron chi connectivity index (χ3n) is 4.28. The van der Waals surface area contributed by atoms with Gasteiger partial charge >= 0.3 is 0 Å². The Kier molecular flexibility index (Phi) is 4.88. The molecular weight excluding hydrogens is 332 g/mol. The van der Waals surface area contributed by atoms with Crippen LogP contribution >= 0.6 is 0 Å². The van der Waals surface area contributed by atoms with Gasteiger partial charge in [0.05, 0.1) is 11.1 Å². The molecule has 3 N–H and O–H groups in total. The molecule has 0 amide bonds. The number of nitrogens with zero attached hydrogens (tertiary/aromatic N) is 2. The summed E-state index contributed by atoms with van der Waals surface area (Å²) >= 11 is 0.